The fourth-order valence-electron chi connectivity index (χ4n) is 1.45. The molecule has 0 unspecified atom stereocenters. The number of halogens is 1. The van der Waals surface area contributed by atoms with Crippen LogP contribution in [0.25, 0.3) is 0 Å². The van der Waals surface area contributed by atoms with Crippen molar-refractivity contribution in [1.29, 1.82) is 0 Å². The van der Waals surface area contributed by atoms with Crippen molar-refractivity contribution in [3.8, 4) is 0 Å². The lowest BCUT2D eigenvalue weighted by Gasteiger charge is -2.30. The summed E-state index contributed by atoms with van der Waals surface area (Å²) < 4.78 is 0.917. The van der Waals surface area contributed by atoms with Gasteiger partial charge in [0.05, 0.1) is 0 Å². The molecule has 0 bridgehead atoms. The molecule has 1 saturated heterocycles. The summed E-state index contributed by atoms with van der Waals surface area (Å²) in [6, 6.07) is 4.14. The van der Waals surface area contributed by atoms with Crippen molar-refractivity contribution in [2.45, 2.75) is 12.8 Å². The van der Waals surface area contributed by atoms with Gasteiger partial charge in [0.2, 0.25) is 0 Å². The number of rotatable bonds is 3. The van der Waals surface area contributed by atoms with Gasteiger partial charge in [0.15, 0.2) is 0 Å². The molecule has 0 radical (unpaired) electrons. The third-order valence-corrected chi connectivity index (χ3v) is 2.92. The van der Waals surface area contributed by atoms with Crippen molar-refractivity contribution >= 4 is 15.9 Å². The second kappa shape index (κ2) is 4.20. The highest BCUT2D eigenvalue weighted by atomic mass is 79.9. The molecule has 2 rings (SSSR count). The molecular formula is C10H13BrN2. The van der Waals surface area contributed by atoms with E-state index in [9.17, 15) is 0 Å². The fraction of sp³-hybridized carbons (Fsp3) is 0.500. The third kappa shape index (κ3) is 2.51. The van der Waals surface area contributed by atoms with E-state index in [4.69, 9.17) is 0 Å². The van der Waals surface area contributed by atoms with Crippen LogP contribution in [0, 0.1) is 0 Å². The minimum Gasteiger partial charge on any atom is -0.303 e. The summed E-state index contributed by atoms with van der Waals surface area (Å²) in [5.74, 6) is 0. The molecule has 2 nitrogen and oxygen atoms in total. The van der Waals surface area contributed by atoms with Gasteiger partial charge in [-0.15, -0.1) is 0 Å². The predicted molar refractivity (Wildman–Crippen MR) is 56.7 cm³/mol. The van der Waals surface area contributed by atoms with E-state index in [0.717, 1.165) is 11.0 Å². The first-order valence-electron chi connectivity index (χ1n) is 4.67. The number of likely N-dealkylation sites (tertiary alicyclic amines) is 1. The molecule has 70 valence electrons. The zero-order valence-electron chi connectivity index (χ0n) is 7.54. The standard InChI is InChI=1S/C10H13BrN2/c11-10-3-2-9(8-12-10)4-7-13-5-1-6-13/h2-3,8H,1,4-7H2. The quantitative estimate of drug-likeness (QED) is 0.753. The summed E-state index contributed by atoms with van der Waals surface area (Å²) in [4.78, 5) is 6.67. The number of pyridine rings is 1. The first-order chi connectivity index (χ1) is 6.34. The monoisotopic (exact) mass is 240 g/mol. The molecule has 0 saturated carbocycles. The Labute approximate surface area is 87.1 Å². The molecule has 1 aromatic rings. The van der Waals surface area contributed by atoms with Crippen LogP contribution in [0.1, 0.15) is 12.0 Å². The maximum absolute atomic E-state index is 4.20. The molecular weight excluding hydrogens is 228 g/mol. The van der Waals surface area contributed by atoms with E-state index in [1.807, 2.05) is 12.3 Å². The minimum atomic E-state index is 0.917. The van der Waals surface area contributed by atoms with Gasteiger partial charge in [0.1, 0.15) is 4.60 Å². The van der Waals surface area contributed by atoms with Crippen molar-refractivity contribution in [3.05, 3.63) is 28.5 Å². The molecule has 0 spiro atoms. The molecule has 0 N–H and O–H groups in total. The van der Waals surface area contributed by atoms with E-state index in [2.05, 4.69) is 31.9 Å². The lowest BCUT2D eigenvalue weighted by atomic mass is 10.1. The molecule has 1 fully saturated rings. The molecule has 2 heterocycles. The summed E-state index contributed by atoms with van der Waals surface area (Å²) >= 11 is 3.33. The highest BCUT2D eigenvalue weighted by Crippen LogP contribution is 2.10. The van der Waals surface area contributed by atoms with Gasteiger partial charge in [-0.1, -0.05) is 6.07 Å². The first-order valence-corrected chi connectivity index (χ1v) is 5.47. The van der Waals surface area contributed by atoms with Gasteiger partial charge in [0.25, 0.3) is 0 Å². The maximum Gasteiger partial charge on any atom is 0.106 e. The number of nitrogens with zero attached hydrogens (tertiary/aromatic N) is 2. The normalized spacial score (nSPS) is 17.0. The summed E-state index contributed by atoms with van der Waals surface area (Å²) in [5.41, 5.74) is 1.33. The van der Waals surface area contributed by atoms with Crippen molar-refractivity contribution in [2.24, 2.45) is 0 Å². The molecule has 0 amide bonds. The van der Waals surface area contributed by atoms with Crippen molar-refractivity contribution in [2.75, 3.05) is 19.6 Å². The van der Waals surface area contributed by atoms with Crippen LogP contribution in [0.2, 0.25) is 0 Å². The largest absolute Gasteiger partial charge is 0.303 e. The van der Waals surface area contributed by atoms with Crippen molar-refractivity contribution in [1.82, 2.24) is 9.88 Å². The average Bonchev–Trinajstić information content (AvgIpc) is 2.05. The van der Waals surface area contributed by atoms with E-state index < -0.39 is 0 Å². The van der Waals surface area contributed by atoms with Gasteiger partial charge < -0.3 is 4.90 Å². The van der Waals surface area contributed by atoms with Crippen LogP contribution in [-0.4, -0.2) is 29.5 Å². The zero-order valence-corrected chi connectivity index (χ0v) is 9.13. The van der Waals surface area contributed by atoms with Gasteiger partial charge in [-0.25, -0.2) is 4.98 Å². The molecule has 1 aromatic heterocycles. The van der Waals surface area contributed by atoms with Crippen LogP contribution in [0.4, 0.5) is 0 Å². The summed E-state index contributed by atoms with van der Waals surface area (Å²) in [5, 5.41) is 0. The molecule has 1 aliphatic heterocycles. The summed E-state index contributed by atoms with van der Waals surface area (Å²) in [6.07, 6.45) is 4.45. The molecule has 3 heteroatoms. The minimum absolute atomic E-state index is 0.917. The average molecular weight is 241 g/mol. The van der Waals surface area contributed by atoms with E-state index >= 15 is 0 Å². The second-order valence-corrected chi connectivity index (χ2v) is 4.25. The Morgan fingerprint density at radius 3 is 2.77 bits per heavy atom. The van der Waals surface area contributed by atoms with Crippen molar-refractivity contribution < 1.29 is 0 Å². The predicted octanol–water partition coefficient (Wildman–Crippen LogP) is 2.09. The Morgan fingerprint density at radius 2 is 2.23 bits per heavy atom. The number of hydrogen-bond donors (Lipinski definition) is 0. The molecule has 1 aliphatic rings. The van der Waals surface area contributed by atoms with Gasteiger partial charge in [0, 0.05) is 12.7 Å². The van der Waals surface area contributed by atoms with Gasteiger partial charge >= 0.3 is 0 Å². The van der Waals surface area contributed by atoms with Crippen molar-refractivity contribution in [3.63, 3.8) is 0 Å². The fourth-order valence-corrected chi connectivity index (χ4v) is 1.68. The Kier molecular flexibility index (Phi) is 2.96. The van der Waals surface area contributed by atoms with E-state index in [1.54, 1.807) is 0 Å². The van der Waals surface area contributed by atoms with Gasteiger partial charge in [-0.3, -0.25) is 0 Å². The Balaban J connectivity index is 1.83. The van der Waals surface area contributed by atoms with Gasteiger partial charge in [-0.05, 0) is 53.5 Å². The Hall–Kier alpha value is -0.410. The third-order valence-electron chi connectivity index (χ3n) is 2.45. The van der Waals surface area contributed by atoms with E-state index in [1.165, 1.54) is 31.6 Å². The SMILES string of the molecule is Brc1ccc(CCN2CCC2)cn1. The van der Waals surface area contributed by atoms with E-state index in [0.29, 0.717) is 0 Å². The molecule has 13 heavy (non-hydrogen) atoms. The Bertz CT molecular complexity index is 267. The van der Waals surface area contributed by atoms with Crippen LogP contribution >= 0.6 is 15.9 Å². The number of aromatic nitrogens is 1. The topological polar surface area (TPSA) is 16.1 Å². The lowest BCUT2D eigenvalue weighted by Crippen LogP contribution is -2.38. The van der Waals surface area contributed by atoms with Crippen LogP contribution in [0.3, 0.4) is 0 Å². The molecule has 0 aliphatic carbocycles. The van der Waals surface area contributed by atoms with Crippen LogP contribution in [-0.2, 0) is 6.42 Å². The highest BCUT2D eigenvalue weighted by molar-refractivity contribution is 9.10. The highest BCUT2D eigenvalue weighted by Gasteiger charge is 2.12. The molecule has 0 atom stereocenters. The Morgan fingerprint density at radius 1 is 1.38 bits per heavy atom. The number of hydrogen-bond acceptors (Lipinski definition) is 2. The van der Waals surface area contributed by atoms with Crippen LogP contribution < -0.4 is 0 Å². The summed E-state index contributed by atoms with van der Waals surface area (Å²) in [6.45, 7) is 3.75. The van der Waals surface area contributed by atoms with E-state index in [-0.39, 0.29) is 0 Å². The lowest BCUT2D eigenvalue weighted by molar-refractivity contribution is 0.184. The van der Waals surface area contributed by atoms with Crippen LogP contribution in [0.5, 0.6) is 0 Å². The van der Waals surface area contributed by atoms with Crippen LogP contribution in [0.15, 0.2) is 22.9 Å². The van der Waals surface area contributed by atoms with Gasteiger partial charge in [-0.2, -0.15) is 0 Å². The maximum atomic E-state index is 4.20. The zero-order chi connectivity index (χ0) is 9.10. The second-order valence-electron chi connectivity index (χ2n) is 3.43. The smallest absolute Gasteiger partial charge is 0.106 e. The summed E-state index contributed by atoms with van der Waals surface area (Å²) in [7, 11) is 0. The first kappa shape index (κ1) is 9.16. The molecule has 0 aromatic carbocycles.